The van der Waals surface area contributed by atoms with E-state index in [-0.39, 0.29) is 12.4 Å². The van der Waals surface area contributed by atoms with E-state index in [9.17, 15) is 9.90 Å². The summed E-state index contributed by atoms with van der Waals surface area (Å²) in [5.41, 5.74) is 5.43. The monoisotopic (exact) mass is 435 g/mol. The Hall–Kier alpha value is -3.29. The number of carbonyl (C=O) groups is 1. The van der Waals surface area contributed by atoms with Gasteiger partial charge < -0.3 is 9.84 Å². The molecule has 1 aliphatic carbocycles. The van der Waals surface area contributed by atoms with Gasteiger partial charge in [0.15, 0.2) is 0 Å². The zero-order valence-corrected chi connectivity index (χ0v) is 18.4. The molecule has 0 aromatic carbocycles. The maximum Gasteiger partial charge on any atom is 0.316 e. The first-order valence-electron chi connectivity index (χ1n) is 11.3. The van der Waals surface area contributed by atoms with E-state index in [4.69, 9.17) is 9.72 Å². The molecule has 1 N–H and O–H groups in total. The first-order valence-corrected chi connectivity index (χ1v) is 11.3. The molecule has 3 heterocycles. The standard InChI is InChI=1S/C24H29N5O3/c1-2-32-24-25-15-18(16-26-24)22(14-23(30)31)29-13-12-20(28-29)8-5-7-19-11-10-17-6-3-4-9-21(17)27-19/h10-13,15-16,22H,2-9,14H2,1H3,(H,30,31)/t22-/m1/s1. The molecule has 0 fully saturated rings. The third kappa shape index (κ3) is 5.49. The zero-order chi connectivity index (χ0) is 22.3. The lowest BCUT2D eigenvalue weighted by Gasteiger charge is -2.16. The summed E-state index contributed by atoms with van der Waals surface area (Å²) in [6.07, 6.45) is 12.3. The molecule has 0 saturated carbocycles. The van der Waals surface area contributed by atoms with Crippen molar-refractivity contribution < 1.29 is 14.6 Å². The van der Waals surface area contributed by atoms with E-state index in [1.807, 2.05) is 19.2 Å². The molecule has 8 heteroatoms. The number of carboxylic acids is 1. The Kier molecular flexibility index (Phi) is 7.09. The molecule has 3 aromatic rings. The number of hydrogen-bond donors (Lipinski definition) is 1. The van der Waals surface area contributed by atoms with Gasteiger partial charge in [0, 0.05) is 35.5 Å². The molecule has 0 saturated heterocycles. The zero-order valence-electron chi connectivity index (χ0n) is 18.4. The molecule has 0 aliphatic heterocycles. The second-order valence-corrected chi connectivity index (χ2v) is 8.10. The normalized spacial score (nSPS) is 14.0. The van der Waals surface area contributed by atoms with Gasteiger partial charge in [0.2, 0.25) is 0 Å². The van der Waals surface area contributed by atoms with Gasteiger partial charge in [-0.2, -0.15) is 5.10 Å². The Morgan fingerprint density at radius 3 is 2.69 bits per heavy atom. The van der Waals surface area contributed by atoms with Crippen molar-refractivity contribution in [1.29, 1.82) is 0 Å². The van der Waals surface area contributed by atoms with Crippen LogP contribution in [0.4, 0.5) is 0 Å². The largest absolute Gasteiger partial charge is 0.481 e. The molecular formula is C24H29N5O3. The third-order valence-electron chi connectivity index (χ3n) is 5.76. The minimum Gasteiger partial charge on any atom is -0.481 e. The average Bonchev–Trinajstić information content (AvgIpc) is 3.27. The maximum atomic E-state index is 11.5. The van der Waals surface area contributed by atoms with Gasteiger partial charge in [0.1, 0.15) is 0 Å². The van der Waals surface area contributed by atoms with Crippen molar-refractivity contribution in [2.75, 3.05) is 6.61 Å². The molecule has 168 valence electrons. The van der Waals surface area contributed by atoms with Crippen molar-refractivity contribution >= 4 is 5.97 Å². The Morgan fingerprint density at radius 2 is 1.91 bits per heavy atom. The summed E-state index contributed by atoms with van der Waals surface area (Å²) in [7, 11) is 0. The van der Waals surface area contributed by atoms with Crippen LogP contribution >= 0.6 is 0 Å². The molecule has 0 unspecified atom stereocenters. The van der Waals surface area contributed by atoms with Crippen molar-refractivity contribution in [3.63, 3.8) is 0 Å². The van der Waals surface area contributed by atoms with E-state index < -0.39 is 12.0 Å². The molecule has 8 nitrogen and oxygen atoms in total. The number of pyridine rings is 1. The van der Waals surface area contributed by atoms with Crippen LogP contribution in [0.15, 0.2) is 36.8 Å². The SMILES string of the molecule is CCOc1ncc([C@@H](CC(=O)O)n2ccc(CCCc3ccc4c(n3)CCCC4)n2)cn1. The summed E-state index contributed by atoms with van der Waals surface area (Å²) in [5.74, 6) is -0.903. The highest BCUT2D eigenvalue weighted by Crippen LogP contribution is 2.23. The highest BCUT2D eigenvalue weighted by atomic mass is 16.5. The number of rotatable bonds is 10. The smallest absolute Gasteiger partial charge is 0.316 e. The highest BCUT2D eigenvalue weighted by molar-refractivity contribution is 5.68. The lowest BCUT2D eigenvalue weighted by atomic mass is 9.95. The summed E-state index contributed by atoms with van der Waals surface area (Å²) < 4.78 is 6.97. The third-order valence-corrected chi connectivity index (χ3v) is 5.76. The van der Waals surface area contributed by atoms with Crippen LogP contribution in [0, 0.1) is 0 Å². The van der Waals surface area contributed by atoms with Crippen LogP contribution in [-0.2, 0) is 30.5 Å². The van der Waals surface area contributed by atoms with Gasteiger partial charge in [-0.15, -0.1) is 0 Å². The quantitative estimate of drug-likeness (QED) is 0.519. The van der Waals surface area contributed by atoms with Crippen molar-refractivity contribution in [1.82, 2.24) is 24.7 Å². The second kappa shape index (κ2) is 10.3. The Morgan fingerprint density at radius 1 is 1.12 bits per heavy atom. The second-order valence-electron chi connectivity index (χ2n) is 8.10. The topological polar surface area (TPSA) is 103 Å². The molecule has 0 radical (unpaired) electrons. The average molecular weight is 436 g/mol. The van der Waals surface area contributed by atoms with Crippen LogP contribution in [0.2, 0.25) is 0 Å². The fraction of sp³-hybridized carbons (Fsp3) is 0.458. The van der Waals surface area contributed by atoms with Crippen molar-refractivity contribution in [3.05, 3.63) is 65.0 Å². The predicted octanol–water partition coefficient (Wildman–Crippen LogP) is 3.59. The lowest BCUT2D eigenvalue weighted by Crippen LogP contribution is -2.16. The van der Waals surface area contributed by atoms with Gasteiger partial charge in [-0.1, -0.05) is 6.07 Å². The van der Waals surface area contributed by atoms with Crippen molar-refractivity contribution in [2.24, 2.45) is 0 Å². The summed E-state index contributed by atoms with van der Waals surface area (Å²) in [5, 5.41) is 14.0. The Labute approximate surface area is 187 Å². The fourth-order valence-electron chi connectivity index (χ4n) is 4.13. The number of hydrogen-bond acceptors (Lipinski definition) is 6. The summed E-state index contributed by atoms with van der Waals surface area (Å²) in [4.78, 5) is 24.6. The number of ether oxygens (including phenoxy) is 1. The first kappa shape index (κ1) is 21.9. The molecule has 0 spiro atoms. The van der Waals surface area contributed by atoms with Crippen LogP contribution in [-0.4, -0.2) is 42.4 Å². The van der Waals surface area contributed by atoms with E-state index in [1.54, 1.807) is 17.1 Å². The van der Waals surface area contributed by atoms with Gasteiger partial charge >= 0.3 is 12.0 Å². The van der Waals surface area contributed by atoms with Crippen molar-refractivity contribution in [3.8, 4) is 6.01 Å². The Bertz CT molecular complexity index is 1050. The number of aryl methyl sites for hydroxylation is 4. The van der Waals surface area contributed by atoms with Crippen molar-refractivity contribution in [2.45, 2.75) is 64.3 Å². The van der Waals surface area contributed by atoms with E-state index in [1.165, 1.54) is 24.1 Å². The van der Waals surface area contributed by atoms with Crippen LogP contribution in [0.3, 0.4) is 0 Å². The molecule has 0 bridgehead atoms. The molecular weight excluding hydrogens is 406 g/mol. The van der Waals surface area contributed by atoms with Crippen LogP contribution in [0.25, 0.3) is 0 Å². The molecule has 0 amide bonds. The molecule has 1 aliphatic rings. The van der Waals surface area contributed by atoms with E-state index in [2.05, 4.69) is 27.2 Å². The predicted molar refractivity (Wildman–Crippen MR) is 119 cm³/mol. The molecule has 4 rings (SSSR count). The number of nitrogens with zero attached hydrogens (tertiary/aromatic N) is 5. The first-order chi connectivity index (χ1) is 15.6. The molecule has 1 atom stereocenters. The number of carboxylic acid groups (broad SMARTS) is 1. The van der Waals surface area contributed by atoms with Gasteiger partial charge in [-0.05, 0) is 69.6 Å². The highest BCUT2D eigenvalue weighted by Gasteiger charge is 2.20. The summed E-state index contributed by atoms with van der Waals surface area (Å²) in [6, 6.07) is 6.14. The Balaban J connectivity index is 1.39. The molecule has 3 aromatic heterocycles. The van der Waals surface area contributed by atoms with Gasteiger partial charge in [-0.25, -0.2) is 9.97 Å². The van der Waals surface area contributed by atoms with Gasteiger partial charge in [0.05, 0.1) is 24.8 Å². The fourth-order valence-corrected chi connectivity index (χ4v) is 4.13. The number of fused-ring (bicyclic) bond motifs is 1. The summed E-state index contributed by atoms with van der Waals surface area (Å²) in [6.45, 7) is 2.33. The van der Waals surface area contributed by atoms with Crippen LogP contribution in [0.5, 0.6) is 6.01 Å². The van der Waals surface area contributed by atoms with Gasteiger partial charge in [0.25, 0.3) is 0 Å². The minimum atomic E-state index is -0.903. The van der Waals surface area contributed by atoms with Crippen LogP contribution < -0.4 is 4.74 Å². The van der Waals surface area contributed by atoms with Crippen LogP contribution in [0.1, 0.15) is 66.9 Å². The number of aliphatic carboxylic acids is 1. The summed E-state index contributed by atoms with van der Waals surface area (Å²) >= 11 is 0. The molecule has 32 heavy (non-hydrogen) atoms. The lowest BCUT2D eigenvalue weighted by molar-refractivity contribution is -0.137. The van der Waals surface area contributed by atoms with E-state index in [0.717, 1.165) is 43.5 Å². The minimum absolute atomic E-state index is 0.0997. The number of aromatic nitrogens is 5. The van der Waals surface area contributed by atoms with Gasteiger partial charge in [-0.3, -0.25) is 14.5 Å². The van der Waals surface area contributed by atoms with E-state index in [0.29, 0.717) is 12.2 Å². The maximum absolute atomic E-state index is 11.5. The van der Waals surface area contributed by atoms with E-state index >= 15 is 0 Å².